The molecule has 1 amide bonds. The fraction of sp³-hybridized carbons (Fsp3) is 0.294. The van der Waals surface area contributed by atoms with Crippen LogP contribution in [0.1, 0.15) is 39.6 Å². The van der Waals surface area contributed by atoms with Gasteiger partial charge in [0.15, 0.2) is 0 Å². The van der Waals surface area contributed by atoms with Crippen LogP contribution in [0.3, 0.4) is 0 Å². The molecular formula is C17H16FN5O3. The van der Waals surface area contributed by atoms with Crippen molar-refractivity contribution in [3.05, 3.63) is 47.8 Å². The first-order valence-electron chi connectivity index (χ1n) is 8.22. The van der Waals surface area contributed by atoms with E-state index in [0.717, 1.165) is 0 Å². The van der Waals surface area contributed by atoms with Crippen molar-refractivity contribution in [2.24, 2.45) is 0 Å². The minimum Gasteiger partial charge on any atom is -0.478 e. The lowest BCUT2D eigenvalue weighted by Crippen LogP contribution is -2.39. The molecule has 0 bridgehead atoms. The van der Waals surface area contributed by atoms with Crippen LogP contribution < -0.4 is 0 Å². The molecule has 1 fully saturated rings. The molecule has 0 saturated carbocycles. The molecule has 0 aliphatic carbocycles. The van der Waals surface area contributed by atoms with Crippen molar-refractivity contribution >= 4 is 22.9 Å². The van der Waals surface area contributed by atoms with E-state index in [2.05, 4.69) is 15.1 Å². The summed E-state index contributed by atoms with van der Waals surface area (Å²) in [6, 6.07) is 2.55. The smallest absolute Gasteiger partial charge is 0.338 e. The van der Waals surface area contributed by atoms with E-state index in [9.17, 15) is 14.0 Å². The van der Waals surface area contributed by atoms with E-state index in [-0.39, 0.29) is 23.1 Å². The lowest BCUT2D eigenvalue weighted by atomic mass is 10.0. The number of aromatic carboxylic acids is 1. The first-order chi connectivity index (χ1) is 12.5. The highest BCUT2D eigenvalue weighted by Crippen LogP contribution is 2.25. The van der Waals surface area contributed by atoms with E-state index in [1.54, 1.807) is 9.58 Å². The van der Waals surface area contributed by atoms with Crippen molar-refractivity contribution in [3.8, 4) is 0 Å². The SMILES string of the molecule is O=C(O)c1cnn(C2CCN(C(=O)c3cc(F)cc4[nH]cnc34)CC2)c1. The lowest BCUT2D eigenvalue weighted by Gasteiger charge is -2.32. The van der Waals surface area contributed by atoms with Crippen LogP contribution in [0.2, 0.25) is 0 Å². The van der Waals surface area contributed by atoms with Gasteiger partial charge >= 0.3 is 5.97 Å². The maximum absolute atomic E-state index is 13.8. The summed E-state index contributed by atoms with van der Waals surface area (Å²) in [5.41, 5.74) is 1.33. The summed E-state index contributed by atoms with van der Waals surface area (Å²) in [4.78, 5) is 32.4. The number of carboxylic acid groups (broad SMARTS) is 1. The molecule has 0 atom stereocenters. The number of likely N-dealkylation sites (tertiary alicyclic amines) is 1. The Balaban J connectivity index is 1.49. The number of piperidine rings is 1. The molecular weight excluding hydrogens is 341 g/mol. The summed E-state index contributed by atoms with van der Waals surface area (Å²) in [7, 11) is 0. The van der Waals surface area contributed by atoms with Gasteiger partial charge in [0.2, 0.25) is 0 Å². The average molecular weight is 357 g/mol. The predicted octanol–water partition coefficient (Wildman–Crippen LogP) is 2.07. The zero-order valence-electron chi connectivity index (χ0n) is 13.7. The summed E-state index contributed by atoms with van der Waals surface area (Å²) in [5.74, 6) is -1.76. The fourth-order valence-corrected chi connectivity index (χ4v) is 3.33. The van der Waals surface area contributed by atoms with Gasteiger partial charge in [-0.25, -0.2) is 14.2 Å². The second kappa shape index (κ2) is 6.25. The summed E-state index contributed by atoms with van der Waals surface area (Å²) in [6.07, 6.45) is 5.55. The van der Waals surface area contributed by atoms with Gasteiger partial charge in [-0.05, 0) is 25.0 Å². The summed E-state index contributed by atoms with van der Waals surface area (Å²) in [5, 5.41) is 13.1. The number of hydrogen-bond donors (Lipinski definition) is 2. The van der Waals surface area contributed by atoms with Gasteiger partial charge in [-0.2, -0.15) is 5.10 Å². The number of nitrogens with one attached hydrogen (secondary N) is 1. The topological polar surface area (TPSA) is 104 Å². The van der Waals surface area contributed by atoms with Crippen molar-refractivity contribution in [1.82, 2.24) is 24.6 Å². The van der Waals surface area contributed by atoms with Crippen LogP contribution in [-0.2, 0) is 0 Å². The van der Waals surface area contributed by atoms with Crippen molar-refractivity contribution in [2.75, 3.05) is 13.1 Å². The van der Waals surface area contributed by atoms with Gasteiger partial charge < -0.3 is 15.0 Å². The highest BCUT2D eigenvalue weighted by molar-refractivity contribution is 6.04. The number of imidazole rings is 1. The van der Waals surface area contributed by atoms with Crippen molar-refractivity contribution in [3.63, 3.8) is 0 Å². The Morgan fingerprint density at radius 2 is 2.04 bits per heavy atom. The van der Waals surface area contributed by atoms with E-state index in [1.807, 2.05) is 0 Å². The molecule has 2 N–H and O–H groups in total. The Labute approximate surface area is 147 Å². The number of rotatable bonds is 3. The molecule has 8 nitrogen and oxygen atoms in total. The van der Waals surface area contributed by atoms with Crippen LogP contribution in [0, 0.1) is 5.82 Å². The van der Waals surface area contributed by atoms with Gasteiger partial charge in [-0.1, -0.05) is 0 Å². The number of aromatic nitrogens is 4. The molecule has 1 aliphatic rings. The quantitative estimate of drug-likeness (QED) is 0.747. The van der Waals surface area contributed by atoms with E-state index < -0.39 is 11.8 Å². The third kappa shape index (κ3) is 2.81. The second-order valence-corrected chi connectivity index (χ2v) is 6.29. The Hall–Kier alpha value is -3.23. The molecule has 2 aromatic heterocycles. The number of aromatic amines is 1. The molecule has 1 saturated heterocycles. The number of fused-ring (bicyclic) bond motifs is 1. The molecule has 1 aromatic carbocycles. The summed E-state index contributed by atoms with van der Waals surface area (Å²) >= 11 is 0. The van der Waals surface area contributed by atoms with Crippen LogP contribution in [-0.4, -0.2) is 54.7 Å². The molecule has 1 aliphatic heterocycles. The Kier molecular flexibility index (Phi) is 3.90. The largest absolute Gasteiger partial charge is 0.478 e. The standard InChI is InChI=1S/C17H16FN5O3/c18-11-5-13(15-14(6-11)19-9-20-15)16(24)22-3-1-12(2-4-22)23-8-10(7-21-23)17(25)26/h5-9,12H,1-4H2,(H,19,20)(H,25,26). The van der Waals surface area contributed by atoms with Crippen molar-refractivity contribution in [1.29, 1.82) is 0 Å². The van der Waals surface area contributed by atoms with Gasteiger partial charge in [-0.15, -0.1) is 0 Å². The number of benzene rings is 1. The summed E-state index contributed by atoms with van der Waals surface area (Å²) in [6.45, 7) is 0.961. The highest BCUT2D eigenvalue weighted by Gasteiger charge is 2.27. The molecule has 134 valence electrons. The Bertz CT molecular complexity index is 987. The van der Waals surface area contributed by atoms with Crippen LogP contribution in [0.25, 0.3) is 11.0 Å². The van der Waals surface area contributed by atoms with E-state index in [1.165, 1.54) is 30.9 Å². The minimum atomic E-state index is -1.02. The third-order valence-electron chi connectivity index (χ3n) is 4.69. The predicted molar refractivity (Wildman–Crippen MR) is 89.4 cm³/mol. The lowest BCUT2D eigenvalue weighted by molar-refractivity contribution is 0.0689. The van der Waals surface area contributed by atoms with Gasteiger partial charge in [-0.3, -0.25) is 9.48 Å². The molecule has 0 unspecified atom stereocenters. The highest BCUT2D eigenvalue weighted by atomic mass is 19.1. The van der Waals surface area contributed by atoms with Crippen LogP contribution in [0.4, 0.5) is 4.39 Å². The molecule has 3 aromatic rings. The first-order valence-corrected chi connectivity index (χ1v) is 8.22. The number of carboxylic acids is 1. The summed E-state index contributed by atoms with van der Waals surface area (Å²) < 4.78 is 15.4. The van der Waals surface area contributed by atoms with E-state index >= 15 is 0 Å². The van der Waals surface area contributed by atoms with E-state index in [4.69, 9.17) is 5.11 Å². The van der Waals surface area contributed by atoms with Gasteiger partial charge in [0.05, 0.1) is 35.2 Å². The van der Waals surface area contributed by atoms with Gasteiger partial charge in [0, 0.05) is 19.3 Å². The molecule has 26 heavy (non-hydrogen) atoms. The average Bonchev–Trinajstić information content (AvgIpc) is 3.30. The monoisotopic (exact) mass is 357 g/mol. The molecule has 9 heteroatoms. The number of amides is 1. The number of H-pyrrole nitrogens is 1. The van der Waals surface area contributed by atoms with Gasteiger partial charge in [0.25, 0.3) is 5.91 Å². The van der Waals surface area contributed by atoms with Crippen LogP contribution in [0.5, 0.6) is 0 Å². The number of carbonyl (C=O) groups is 2. The van der Waals surface area contributed by atoms with Gasteiger partial charge in [0.1, 0.15) is 11.3 Å². The number of halogens is 1. The maximum Gasteiger partial charge on any atom is 0.338 e. The van der Waals surface area contributed by atoms with Crippen LogP contribution in [0.15, 0.2) is 30.9 Å². The number of hydrogen-bond acceptors (Lipinski definition) is 4. The van der Waals surface area contributed by atoms with Crippen molar-refractivity contribution in [2.45, 2.75) is 18.9 Å². The molecule has 4 rings (SSSR count). The normalized spacial score (nSPS) is 15.5. The zero-order chi connectivity index (χ0) is 18.3. The molecule has 0 radical (unpaired) electrons. The van der Waals surface area contributed by atoms with Crippen molar-refractivity contribution < 1.29 is 19.1 Å². The number of carbonyl (C=O) groups excluding carboxylic acids is 1. The second-order valence-electron chi connectivity index (χ2n) is 6.29. The maximum atomic E-state index is 13.8. The zero-order valence-corrected chi connectivity index (χ0v) is 13.7. The molecule has 3 heterocycles. The minimum absolute atomic E-state index is 0.0325. The van der Waals surface area contributed by atoms with E-state index in [0.29, 0.717) is 37.0 Å². The third-order valence-corrected chi connectivity index (χ3v) is 4.69. The Morgan fingerprint density at radius 1 is 1.27 bits per heavy atom. The van der Waals surface area contributed by atoms with Crippen LogP contribution >= 0.6 is 0 Å². The Morgan fingerprint density at radius 3 is 2.73 bits per heavy atom. The molecule has 0 spiro atoms. The fourth-order valence-electron chi connectivity index (χ4n) is 3.33. The first kappa shape index (κ1) is 16.2. The number of nitrogens with zero attached hydrogens (tertiary/aromatic N) is 4.